The van der Waals surface area contributed by atoms with E-state index >= 15 is 0 Å². The summed E-state index contributed by atoms with van der Waals surface area (Å²) in [6, 6.07) is 0.654. The van der Waals surface area contributed by atoms with E-state index in [1.165, 1.54) is 19.5 Å². The molecule has 1 N–H and O–H groups in total. The second-order valence-corrected chi connectivity index (χ2v) is 4.89. The predicted molar refractivity (Wildman–Crippen MR) is 59.6 cm³/mol. The van der Waals surface area contributed by atoms with Gasteiger partial charge in [0, 0.05) is 26.2 Å². The van der Waals surface area contributed by atoms with Crippen LogP contribution in [0.4, 0.5) is 0 Å². The molecule has 0 aromatic carbocycles. The van der Waals surface area contributed by atoms with Crippen LogP contribution in [0.3, 0.4) is 0 Å². The van der Waals surface area contributed by atoms with Gasteiger partial charge in [0.25, 0.3) is 0 Å². The molecule has 0 amide bonds. The number of hydrogen-bond donors (Lipinski definition) is 1. The topological polar surface area (TPSA) is 24.5 Å². The first kappa shape index (κ1) is 12.0. The molecule has 0 saturated carbocycles. The largest absolute Gasteiger partial charge is 0.383 e. The van der Waals surface area contributed by atoms with Crippen LogP contribution in [0.1, 0.15) is 20.3 Å². The number of hydrogen-bond acceptors (Lipinski definition) is 3. The van der Waals surface area contributed by atoms with Crippen molar-refractivity contribution in [3.8, 4) is 0 Å². The van der Waals surface area contributed by atoms with Crippen molar-refractivity contribution in [1.29, 1.82) is 0 Å². The van der Waals surface area contributed by atoms with E-state index in [2.05, 4.69) is 31.1 Å². The molecule has 84 valence electrons. The van der Waals surface area contributed by atoms with E-state index in [4.69, 9.17) is 4.74 Å². The van der Waals surface area contributed by atoms with Gasteiger partial charge in [-0.25, -0.2) is 0 Å². The minimum atomic E-state index is 0.376. The zero-order valence-electron chi connectivity index (χ0n) is 9.97. The summed E-state index contributed by atoms with van der Waals surface area (Å²) in [7, 11) is 3.84. The lowest BCUT2D eigenvalue weighted by Crippen LogP contribution is -2.53. The van der Waals surface area contributed by atoms with Crippen molar-refractivity contribution >= 4 is 0 Å². The second-order valence-electron chi connectivity index (χ2n) is 4.89. The maximum atomic E-state index is 5.11. The van der Waals surface area contributed by atoms with E-state index in [1.54, 1.807) is 7.11 Å². The monoisotopic (exact) mass is 200 g/mol. The van der Waals surface area contributed by atoms with Crippen molar-refractivity contribution in [3.05, 3.63) is 0 Å². The molecule has 3 heteroatoms. The minimum Gasteiger partial charge on any atom is -0.383 e. The summed E-state index contributed by atoms with van der Waals surface area (Å²) in [4.78, 5) is 2.50. The van der Waals surface area contributed by atoms with Crippen LogP contribution >= 0.6 is 0 Å². The summed E-state index contributed by atoms with van der Waals surface area (Å²) in [5.74, 6) is 0. The van der Waals surface area contributed by atoms with E-state index in [-0.39, 0.29) is 0 Å². The molecule has 1 rings (SSSR count). The molecular weight excluding hydrogens is 176 g/mol. The lowest BCUT2D eigenvalue weighted by Gasteiger charge is -2.44. The number of ether oxygens (including phenoxy) is 1. The van der Waals surface area contributed by atoms with Crippen molar-refractivity contribution in [1.82, 2.24) is 10.2 Å². The Morgan fingerprint density at radius 1 is 1.50 bits per heavy atom. The number of nitrogens with one attached hydrogen (secondary N) is 1. The summed E-state index contributed by atoms with van der Waals surface area (Å²) in [5, 5.41) is 3.41. The lowest BCUT2D eigenvalue weighted by molar-refractivity contribution is 0.0594. The van der Waals surface area contributed by atoms with E-state index in [1.807, 2.05) is 0 Å². The highest BCUT2D eigenvalue weighted by molar-refractivity contribution is 4.90. The van der Waals surface area contributed by atoms with Crippen molar-refractivity contribution < 1.29 is 4.74 Å². The summed E-state index contributed by atoms with van der Waals surface area (Å²) < 4.78 is 5.11. The summed E-state index contributed by atoms with van der Waals surface area (Å²) >= 11 is 0. The molecule has 0 spiro atoms. The molecule has 14 heavy (non-hydrogen) atoms. The van der Waals surface area contributed by atoms with E-state index in [9.17, 15) is 0 Å². The Balaban J connectivity index is 2.41. The van der Waals surface area contributed by atoms with Gasteiger partial charge in [0.2, 0.25) is 0 Å². The van der Waals surface area contributed by atoms with E-state index < -0.39 is 0 Å². The molecular formula is C11H24N2O. The fraction of sp³-hybridized carbons (Fsp3) is 1.00. The van der Waals surface area contributed by atoms with Crippen molar-refractivity contribution in [2.24, 2.45) is 5.41 Å². The first-order valence-electron chi connectivity index (χ1n) is 5.48. The summed E-state index contributed by atoms with van der Waals surface area (Å²) in [5.41, 5.74) is 0.376. The Labute approximate surface area is 87.8 Å². The Bertz CT molecular complexity index is 171. The van der Waals surface area contributed by atoms with Crippen LogP contribution < -0.4 is 5.32 Å². The standard InChI is InChI=1S/C11H24N2O/c1-11(2)9-13(7-8-14-4)6-5-10(11)12-3/h10,12H,5-9H2,1-4H3. The maximum absolute atomic E-state index is 5.11. The summed E-state index contributed by atoms with van der Waals surface area (Å²) in [6.45, 7) is 8.96. The van der Waals surface area contributed by atoms with Gasteiger partial charge in [0.1, 0.15) is 0 Å². The lowest BCUT2D eigenvalue weighted by atomic mass is 9.79. The number of piperidine rings is 1. The molecule has 1 saturated heterocycles. The molecule has 1 aliphatic heterocycles. The maximum Gasteiger partial charge on any atom is 0.0589 e. The van der Waals surface area contributed by atoms with Gasteiger partial charge < -0.3 is 15.0 Å². The zero-order chi connectivity index (χ0) is 10.6. The molecule has 0 bridgehead atoms. The molecule has 1 heterocycles. The van der Waals surface area contributed by atoms with Crippen molar-refractivity contribution in [2.45, 2.75) is 26.3 Å². The van der Waals surface area contributed by atoms with Crippen LogP contribution in [0.5, 0.6) is 0 Å². The molecule has 0 aromatic heterocycles. The third-order valence-corrected chi connectivity index (χ3v) is 3.27. The smallest absolute Gasteiger partial charge is 0.0589 e. The van der Waals surface area contributed by atoms with Gasteiger partial charge in [0.05, 0.1) is 6.61 Å². The number of methoxy groups -OCH3 is 1. The molecule has 0 aromatic rings. The van der Waals surface area contributed by atoms with Crippen LogP contribution in [-0.2, 0) is 4.74 Å². The van der Waals surface area contributed by atoms with Crippen LogP contribution in [0, 0.1) is 5.41 Å². The van der Waals surface area contributed by atoms with Crippen LogP contribution in [-0.4, -0.2) is 51.3 Å². The Morgan fingerprint density at radius 2 is 2.21 bits per heavy atom. The average Bonchev–Trinajstić information content (AvgIpc) is 2.13. The fourth-order valence-electron chi connectivity index (χ4n) is 2.41. The Hall–Kier alpha value is -0.120. The fourth-order valence-corrected chi connectivity index (χ4v) is 2.41. The van der Waals surface area contributed by atoms with E-state index in [0.29, 0.717) is 11.5 Å². The summed E-state index contributed by atoms with van der Waals surface area (Å²) in [6.07, 6.45) is 1.24. The first-order valence-corrected chi connectivity index (χ1v) is 5.48. The molecule has 0 aliphatic carbocycles. The molecule has 1 unspecified atom stereocenters. The van der Waals surface area contributed by atoms with Gasteiger partial charge in [-0.15, -0.1) is 0 Å². The van der Waals surface area contributed by atoms with Crippen LogP contribution in [0.15, 0.2) is 0 Å². The predicted octanol–water partition coefficient (Wildman–Crippen LogP) is 0.953. The van der Waals surface area contributed by atoms with Crippen LogP contribution in [0.2, 0.25) is 0 Å². The highest BCUT2D eigenvalue weighted by Crippen LogP contribution is 2.28. The third-order valence-electron chi connectivity index (χ3n) is 3.27. The van der Waals surface area contributed by atoms with Gasteiger partial charge in [0.15, 0.2) is 0 Å². The molecule has 3 nitrogen and oxygen atoms in total. The van der Waals surface area contributed by atoms with Gasteiger partial charge in [-0.05, 0) is 25.4 Å². The Kier molecular flexibility index (Phi) is 4.35. The normalized spacial score (nSPS) is 27.9. The van der Waals surface area contributed by atoms with Gasteiger partial charge in [-0.2, -0.15) is 0 Å². The van der Waals surface area contributed by atoms with Gasteiger partial charge in [-0.1, -0.05) is 13.8 Å². The van der Waals surface area contributed by atoms with Gasteiger partial charge in [-0.3, -0.25) is 0 Å². The Morgan fingerprint density at radius 3 is 2.71 bits per heavy atom. The first-order chi connectivity index (χ1) is 6.60. The zero-order valence-corrected chi connectivity index (χ0v) is 9.97. The number of likely N-dealkylation sites (tertiary alicyclic amines) is 1. The van der Waals surface area contributed by atoms with E-state index in [0.717, 1.165) is 13.2 Å². The SMILES string of the molecule is CNC1CCN(CCOC)CC1(C)C. The van der Waals surface area contributed by atoms with Crippen molar-refractivity contribution in [3.63, 3.8) is 0 Å². The second kappa shape index (κ2) is 5.10. The minimum absolute atomic E-state index is 0.376. The highest BCUT2D eigenvalue weighted by atomic mass is 16.5. The molecule has 1 aliphatic rings. The molecule has 0 radical (unpaired) electrons. The third kappa shape index (κ3) is 2.94. The number of nitrogens with zero attached hydrogens (tertiary/aromatic N) is 1. The van der Waals surface area contributed by atoms with Crippen LogP contribution in [0.25, 0.3) is 0 Å². The average molecular weight is 200 g/mol. The quantitative estimate of drug-likeness (QED) is 0.731. The van der Waals surface area contributed by atoms with Gasteiger partial charge >= 0.3 is 0 Å². The molecule has 1 atom stereocenters. The highest BCUT2D eigenvalue weighted by Gasteiger charge is 2.34. The van der Waals surface area contributed by atoms with Crippen molar-refractivity contribution in [2.75, 3.05) is 40.4 Å². The molecule has 1 fully saturated rings. The number of rotatable bonds is 4.